The number of aryl methyl sites for hydroxylation is 2. The van der Waals surface area contributed by atoms with Gasteiger partial charge in [-0.05, 0) is 26.3 Å². The molecule has 1 saturated carbocycles. The van der Waals surface area contributed by atoms with Gasteiger partial charge in [-0.25, -0.2) is 9.97 Å². The Morgan fingerprint density at radius 2 is 1.94 bits per heavy atom. The molecule has 2 atom stereocenters. The Kier molecular flexibility index (Phi) is 3.28. The highest BCUT2D eigenvalue weighted by atomic mass is 32.2. The Bertz CT molecular complexity index is 399. The van der Waals surface area contributed by atoms with Crippen LogP contribution in [-0.2, 0) is 4.79 Å². The topological polar surface area (TPSA) is 42.9 Å². The minimum Gasteiger partial charge on any atom is -0.299 e. The average molecular weight is 236 g/mol. The zero-order valence-electron chi connectivity index (χ0n) is 9.86. The van der Waals surface area contributed by atoms with Crippen molar-refractivity contribution in [2.24, 2.45) is 5.92 Å². The van der Waals surface area contributed by atoms with E-state index in [9.17, 15) is 4.79 Å². The summed E-state index contributed by atoms with van der Waals surface area (Å²) in [6.45, 7) is 5.96. The van der Waals surface area contributed by atoms with Gasteiger partial charge in [0.15, 0.2) is 5.16 Å². The van der Waals surface area contributed by atoms with Crippen LogP contribution in [0.15, 0.2) is 11.2 Å². The number of rotatable bonds is 2. The van der Waals surface area contributed by atoms with Crippen molar-refractivity contribution in [1.82, 2.24) is 9.97 Å². The van der Waals surface area contributed by atoms with Crippen LogP contribution >= 0.6 is 11.8 Å². The Morgan fingerprint density at radius 1 is 1.31 bits per heavy atom. The van der Waals surface area contributed by atoms with Crippen molar-refractivity contribution >= 4 is 17.5 Å². The van der Waals surface area contributed by atoms with E-state index in [1.165, 1.54) is 0 Å². The second-order valence-electron chi connectivity index (χ2n) is 4.38. The summed E-state index contributed by atoms with van der Waals surface area (Å²) in [5, 5.41) is 1.16. The van der Waals surface area contributed by atoms with Crippen LogP contribution in [0, 0.1) is 19.8 Å². The van der Waals surface area contributed by atoms with Gasteiger partial charge in [0.05, 0.1) is 0 Å². The van der Waals surface area contributed by atoms with Gasteiger partial charge in [0, 0.05) is 29.0 Å². The van der Waals surface area contributed by atoms with Crippen molar-refractivity contribution in [2.45, 2.75) is 44.0 Å². The molecule has 0 N–H and O–H groups in total. The van der Waals surface area contributed by atoms with Gasteiger partial charge in [0.1, 0.15) is 5.78 Å². The molecule has 0 spiro atoms. The first-order valence-corrected chi connectivity index (χ1v) is 6.46. The number of hydrogen-bond donors (Lipinski definition) is 0. The molecule has 0 aliphatic heterocycles. The van der Waals surface area contributed by atoms with E-state index in [4.69, 9.17) is 0 Å². The van der Waals surface area contributed by atoms with Gasteiger partial charge in [-0.2, -0.15) is 0 Å². The summed E-state index contributed by atoms with van der Waals surface area (Å²) in [6, 6.07) is 1.97. The number of carbonyl (C=O) groups excluding carboxylic acids is 1. The molecule has 1 aliphatic rings. The largest absolute Gasteiger partial charge is 0.299 e. The summed E-state index contributed by atoms with van der Waals surface area (Å²) < 4.78 is 0. The number of hydrogen-bond acceptors (Lipinski definition) is 4. The quantitative estimate of drug-likeness (QED) is 0.740. The molecule has 1 aliphatic carbocycles. The minimum absolute atomic E-state index is 0.148. The van der Waals surface area contributed by atoms with Crippen LogP contribution in [0.2, 0.25) is 0 Å². The number of Topliss-reactive ketones (excluding diaryl/α,β-unsaturated/α-hetero) is 1. The Labute approximate surface area is 100 Å². The first-order chi connectivity index (χ1) is 7.56. The Morgan fingerprint density at radius 3 is 2.44 bits per heavy atom. The molecule has 86 valence electrons. The minimum atomic E-state index is 0.148. The van der Waals surface area contributed by atoms with Crippen LogP contribution in [0.1, 0.15) is 31.2 Å². The lowest BCUT2D eigenvalue weighted by Crippen LogP contribution is -2.12. The van der Waals surface area contributed by atoms with E-state index in [0.29, 0.717) is 17.5 Å². The molecule has 0 aromatic carbocycles. The van der Waals surface area contributed by atoms with Gasteiger partial charge in [0.25, 0.3) is 0 Å². The molecule has 2 unspecified atom stereocenters. The van der Waals surface area contributed by atoms with Crippen molar-refractivity contribution in [1.29, 1.82) is 0 Å². The summed E-state index contributed by atoms with van der Waals surface area (Å²) in [4.78, 5) is 20.2. The molecule has 1 aromatic heterocycles. The summed E-state index contributed by atoms with van der Waals surface area (Å²) in [5.41, 5.74) is 1.99. The van der Waals surface area contributed by atoms with E-state index in [-0.39, 0.29) is 5.92 Å². The lowest BCUT2D eigenvalue weighted by molar-refractivity contribution is -0.120. The third-order valence-corrected chi connectivity index (χ3v) is 4.30. The van der Waals surface area contributed by atoms with Gasteiger partial charge < -0.3 is 0 Å². The Balaban J connectivity index is 2.12. The van der Waals surface area contributed by atoms with Gasteiger partial charge in [0.2, 0.25) is 0 Å². The second kappa shape index (κ2) is 4.53. The van der Waals surface area contributed by atoms with Crippen LogP contribution in [0.25, 0.3) is 0 Å². The van der Waals surface area contributed by atoms with Gasteiger partial charge >= 0.3 is 0 Å². The number of carbonyl (C=O) groups is 1. The highest BCUT2D eigenvalue weighted by molar-refractivity contribution is 7.99. The molecule has 0 saturated heterocycles. The van der Waals surface area contributed by atoms with E-state index in [1.807, 2.05) is 26.8 Å². The lowest BCUT2D eigenvalue weighted by Gasteiger charge is -2.12. The van der Waals surface area contributed by atoms with E-state index in [1.54, 1.807) is 11.8 Å². The van der Waals surface area contributed by atoms with Crippen LogP contribution in [0.5, 0.6) is 0 Å². The molecule has 0 amide bonds. The van der Waals surface area contributed by atoms with Crippen LogP contribution in [0.3, 0.4) is 0 Å². The van der Waals surface area contributed by atoms with Crippen LogP contribution < -0.4 is 0 Å². The molecule has 0 bridgehead atoms. The van der Waals surface area contributed by atoms with E-state index >= 15 is 0 Å². The molecule has 2 rings (SSSR count). The van der Waals surface area contributed by atoms with Crippen molar-refractivity contribution in [3.05, 3.63) is 17.5 Å². The molecule has 1 fully saturated rings. The fraction of sp³-hybridized carbons (Fsp3) is 0.583. The lowest BCUT2D eigenvalue weighted by atomic mass is 10.1. The monoisotopic (exact) mass is 236 g/mol. The molecule has 16 heavy (non-hydrogen) atoms. The zero-order chi connectivity index (χ0) is 11.7. The summed E-state index contributed by atoms with van der Waals surface area (Å²) >= 11 is 1.65. The summed E-state index contributed by atoms with van der Waals surface area (Å²) in [6.07, 6.45) is 1.67. The SMILES string of the molecule is Cc1cc(C)nc(SC2CCC(=O)C2C)n1. The second-order valence-corrected chi connectivity index (χ2v) is 5.59. The molecule has 1 aromatic rings. The first kappa shape index (κ1) is 11.6. The van der Waals surface area contributed by atoms with E-state index in [2.05, 4.69) is 9.97 Å². The van der Waals surface area contributed by atoms with Crippen LogP contribution in [0.4, 0.5) is 0 Å². The molecule has 1 heterocycles. The van der Waals surface area contributed by atoms with Crippen molar-refractivity contribution < 1.29 is 4.79 Å². The number of thioether (sulfide) groups is 1. The highest BCUT2D eigenvalue weighted by Crippen LogP contribution is 2.35. The predicted molar refractivity (Wildman–Crippen MR) is 64.6 cm³/mol. The molecule has 0 radical (unpaired) electrons. The van der Waals surface area contributed by atoms with Gasteiger partial charge in [-0.15, -0.1) is 0 Å². The molecule has 4 heteroatoms. The van der Waals surface area contributed by atoms with Crippen molar-refractivity contribution in [3.63, 3.8) is 0 Å². The predicted octanol–water partition coefficient (Wildman–Crippen LogP) is 2.55. The Hall–Kier alpha value is -0.900. The number of aromatic nitrogens is 2. The van der Waals surface area contributed by atoms with E-state index < -0.39 is 0 Å². The molecular formula is C12H16N2OS. The fourth-order valence-corrected chi connectivity index (χ4v) is 3.27. The molecular weight excluding hydrogens is 220 g/mol. The zero-order valence-corrected chi connectivity index (χ0v) is 10.7. The normalized spacial score (nSPS) is 25.1. The van der Waals surface area contributed by atoms with Crippen molar-refractivity contribution in [2.75, 3.05) is 0 Å². The average Bonchev–Trinajstić information content (AvgIpc) is 2.48. The third-order valence-electron chi connectivity index (χ3n) is 2.96. The number of ketones is 1. The van der Waals surface area contributed by atoms with Crippen LogP contribution in [-0.4, -0.2) is 21.0 Å². The summed E-state index contributed by atoms with van der Waals surface area (Å²) in [5.74, 6) is 0.524. The first-order valence-electron chi connectivity index (χ1n) is 5.58. The van der Waals surface area contributed by atoms with Crippen molar-refractivity contribution in [3.8, 4) is 0 Å². The van der Waals surface area contributed by atoms with E-state index in [0.717, 1.165) is 23.0 Å². The maximum Gasteiger partial charge on any atom is 0.188 e. The van der Waals surface area contributed by atoms with Gasteiger partial charge in [-0.1, -0.05) is 18.7 Å². The maximum atomic E-state index is 11.5. The number of nitrogens with zero attached hydrogens (tertiary/aromatic N) is 2. The summed E-state index contributed by atoms with van der Waals surface area (Å²) in [7, 11) is 0. The maximum absolute atomic E-state index is 11.5. The standard InChI is InChI=1S/C12H16N2OS/c1-7-6-8(2)14-12(13-7)16-11-5-4-10(15)9(11)3/h6,9,11H,4-5H2,1-3H3. The third kappa shape index (κ3) is 2.43. The fourth-order valence-electron chi connectivity index (χ4n) is 2.01. The van der Waals surface area contributed by atoms with Gasteiger partial charge in [-0.3, -0.25) is 4.79 Å². The molecule has 3 nitrogen and oxygen atoms in total. The highest BCUT2D eigenvalue weighted by Gasteiger charge is 2.32. The smallest absolute Gasteiger partial charge is 0.188 e.